The molecular formula is C14H13NO6. The van der Waals surface area contributed by atoms with Crippen molar-refractivity contribution >= 4 is 11.8 Å². The molecule has 0 N–H and O–H groups in total. The molecule has 1 saturated heterocycles. The molecule has 0 radical (unpaired) electrons. The summed E-state index contributed by atoms with van der Waals surface area (Å²) in [5.74, 6) is 0.444. The Balaban J connectivity index is 2.02. The number of hydrogen-bond donors (Lipinski definition) is 0. The molecule has 0 amide bonds. The summed E-state index contributed by atoms with van der Waals surface area (Å²) < 4.78 is 15.2. The molecule has 1 unspecified atom stereocenters. The highest BCUT2D eigenvalue weighted by Gasteiger charge is 2.31. The number of ether oxygens (including phenoxy) is 3. The fraction of sp³-hybridized carbons (Fsp3) is 0.214. The number of carbonyl (C=O) groups excluding carboxylic acids is 1. The van der Waals surface area contributed by atoms with Gasteiger partial charge >= 0.3 is 6.16 Å². The lowest BCUT2D eigenvalue weighted by atomic mass is 10.2. The van der Waals surface area contributed by atoms with Crippen molar-refractivity contribution in [3.05, 3.63) is 64.1 Å². The molecule has 1 fully saturated rings. The summed E-state index contributed by atoms with van der Waals surface area (Å²) in [4.78, 5) is 21.2. The van der Waals surface area contributed by atoms with E-state index in [1.807, 2.05) is 0 Å². The molecule has 110 valence electrons. The lowest BCUT2D eigenvalue weighted by Gasteiger charge is -2.25. The van der Waals surface area contributed by atoms with Gasteiger partial charge in [0.2, 0.25) is 0 Å². The standard InChI is InChI=1S/C14H13NO6/c1-3-12-13(9(2)20-14(16)21-12)19-8-10-4-6-11(7-5-10)15(17)18/h3-7,13H,2,8H2,1H3. The average Bonchev–Trinajstić information content (AvgIpc) is 2.46. The monoisotopic (exact) mass is 291 g/mol. The van der Waals surface area contributed by atoms with Crippen LogP contribution in [-0.2, 0) is 20.8 Å². The molecule has 1 aliphatic heterocycles. The number of nitrogens with zero attached hydrogens (tertiary/aromatic N) is 1. The summed E-state index contributed by atoms with van der Waals surface area (Å²) in [5.41, 5.74) is 0.744. The number of hydrogen-bond acceptors (Lipinski definition) is 6. The van der Waals surface area contributed by atoms with Gasteiger partial charge in [0, 0.05) is 12.1 Å². The predicted molar refractivity (Wildman–Crippen MR) is 72.1 cm³/mol. The van der Waals surface area contributed by atoms with Crippen molar-refractivity contribution in [1.82, 2.24) is 0 Å². The van der Waals surface area contributed by atoms with Crippen LogP contribution >= 0.6 is 0 Å². The van der Waals surface area contributed by atoms with Crippen molar-refractivity contribution in [3.8, 4) is 0 Å². The van der Waals surface area contributed by atoms with E-state index in [9.17, 15) is 14.9 Å². The van der Waals surface area contributed by atoms with E-state index in [0.717, 1.165) is 5.56 Å². The van der Waals surface area contributed by atoms with Gasteiger partial charge < -0.3 is 14.2 Å². The summed E-state index contributed by atoms with van der Waals surface area (Å²) in [6.07, 6.45) is 0.0534. The molecule has 21 heavy (non-hydrogen) atoms. The quantitative estimate of drug-likeness (QED) is 0.481. The van der Waals surface area contributed by atoms with E-state index in [1.165, 1.54) is 12.1 Å². The molecule has 1 atom stereocenters. The Bertz CT molecular complexity index is 604. The molecule has 7 nitrogen and oxygen atoms in total. The normalized spacial score (nSPS) is 20.0. The molecular weight excluding hydrogens is 278 g/mol. The number of non-ortho nitro benzene ring substituents is 1. The van der Waals surface area contributed by atoms with Gasteiger partial charge in [-0.05, 0) is 30.7 Å². The summed E-state index contributed by atoms with van der Waals surface area (Å²) in [5, 5.41) is 10.6. The Morgan fingerprint density at radius 1 is 1.38 bits per heavy atom. The minimum Gasteiger partial charge on any atom is -0.397 e. The molecule has 1 heterocycles. The Kier molecular flexibility index (Phi) is 4.34. The molecule has 0 bridgehead atoms. The van der Waals surface area contributed by atoms with Crippen molar-refractivity contribution in [2.24, 2.45) is 0 Å². The Hall–Kier alpha value is -2.67. The number of carbonyl (C=O) groups is 1. The van der Waals surface area contributed by atoms with Gasteiger partial charge in [-0.3, -0.25) is 10.1 Å². The van der Waals surface area contributed by atoms with Crippen molar-refractivity contribution in [1.29, 1.82) is 0 Å². The first-order chi connectivity index (χ1) is 10.0. The molecule has 1 aromatic carbocycles. The fourth-order valence-corrected chi connectivity index (χ4v) is 1.77. The zero-order chi connectivity index (χ0) is 15.4. The van der Waals surface area contributed by atoms with E-state index < -0.39 is 17.2 Å². The number of rotatable bonds is 4. The smallest absolute Gasteiger partial charge is 0.397 e. The highest BCUT2D eigenvalue weighted by atomic mass is 16.8. The SMILES string of the molecule is C=C1OC(=O)OC(=CC)C1OCc1ccc([N+](=O)[O-])cc1. The number of allylic oxidation sites excluding steroid dienone is 1. The van der Waals surface area contributed by atoms with E-state index in [2.05, 4.69) is 6.58 Å². The van der Waals surface area contributed by atoms with Crippen molar-refractivity contribution in [3.63, 3.8) is 0 Å². The van der Waals surface area contributed by atoms with Gasteiger partial charge in [-0.15, -0.1) is 0 Å². The van der Waals surface area contributed by atoms with Crippen LogP contribution in [0.1, 0.15) is 12.5 Å². The van der Waals surface area contributed by atoms with Gasteiger partial charge in [0.15, 0.2) is 6.10 Å². The third kappa shape index (κ3) is 3.46. The Labute approximate surface area is 120 Å². The van der Waals surface area contributed by atoms with Gasteiger partial charge in [-0.1, -0.05) is 6.58 Å². The minimum atomic E-state index is -0.844. The van der Waals surface area contributed by atoms with Crippen LogP contribution in [0.3, 0.4) is 0 Å². The summed E-state index contributed by atoms with van der Waals surface area (Å²) >= 11 is 0. The molecule has 7 heteroatoms. The summed E-state index contributed by atoms with van der Waals surface area (Å²) in [7, 11) is 0. The van der Waals surface area contributed by atoms with Crippen molar-refractivity contribution in [2.75, 3.05) is 0 Å². The zero-order valence-electron chi connectivity index (χ0n) is 11.3. The summed E-state index contributed by atoms with van der Waals surface area (Å²) in [6.45, 7) is 5.48. The molecule has 0 aromatic heterocycles. The number of nitro groups is 1. The lowest BCUT2D eigenvalue weighted by Crippen LogP contribution is -2.30. The van der Waals surface area contributed by atoms with Gasteiger partial charge in [-0.25, -0.2) is 4.79 Å². The second-order valence-corrected chi connectivity index (χ2v) is 4.23. The molecule has 0 saturated carbocycles. The Morgan fingerprint density at radius 3 is 2.62 bits per heavy atom. The molecule has 1 aliphatic rings. The topological polar surface area (TPSA) is 87.9 Å². The van der Waals surface area contributed by atoms with Crippen molar-refractivity contribution < 1.29 is 23.9 Å². The predicted octanol–water partition coefficient (Wildman–Crippen LogP) is 3.06. The van der Waals surface area contributed by atoms with Crippen LogP contribution in [0, 0.1) is 10.1 Å². The largest absolute Gasteiger partial charge is 0.518 e. The third-order valence-electron chi connectivity index (χ3n) is 2.81. The first kappa shape index (κ1) is 14.7. The fourth-order valence-electron chi connectivity index (χ4n) is 1.77. The minimum absolute atomic E-state index is 0.00670. The number of benzene rings is 1. The number of cyclic esters (lactones) is 2. The Morgan fingerprint density at radius 2 is 2.05 bits per heavy atom. The van der Waals surface area contributed by atoms with Crippen LogP contribution in [0.4, 0.5) is 10.5 Å². The van der Waals surface area contributed by atoms with E-state index in [-0.39, 0.29) is 18.1 Å². The van der Waals surface area contributed by atoms with Gasteiger partial charge in [-0.2, -0.15) is 0 Å². The summed E-state index contributed by atoms with van der Waals surface area (Å²) in [6, 6.07) is 5.96. The average molecular weight is 291 g/mol. The van der Waals surface area contributed by atoms with E-state index >= 15 is 0 Å². The van der Waals surface area contributed by atoms with Crippen LogP contribution in [0.5, 0.6) is 0 Å². The lowest BCUT2D eigenvalue weighted by molar-refractivity contribution is -0.384. The van der Waals surface area contributed by atoms with Crippen LogP contribution in [0.25, 0.3) is 0 Å². The molecule has 0 aliphatic carbocycles. The third-order valence-corrected chi connectivity index (χ3v) is 2.81. The van der Waals surface area contributed by atoms with Crippen LogP contribution in [0.2, 0.25) is 0 Å². The molecule has 0 spiro atoms. The number of nitro benzene ring substituents is 1. The van der Waals surface area contributed by atoms with Gasteiger partial charge in [0.05, 0.1) is 11.5 Å². The van der Waals surface area contributed by atoms with Gasteiger partial charge in [0.1, 0.15) is 11.5 Å². The van der Waals surface area contributed by atoms with Crippen LogP contribution in [0.15, 0.2) is 48.4 Å². The van der Waals surface area contributed by atoms with Gasteiger partial charge in [0.25, 0.3) is 5.69 Å². The second kappa shape index (κ2) is 6.19. The van der Waals surface area contributed by atoms with E-state index in [1.54, 1.807) is 25.1 Å². The maximum absolute atomic E-state index is 11.1. The van der Waals surface area contributed by atoms with Crippen molar-refractivity contribution in [2.45, 2.75) is 19.6 Å². The second-order valence-electron chi connectivity index (χ2n) is 4.23. The highest BCUT2D eigenvalue weighted by Crippen LogP contribution is 2.25. The van der Waals surface area contributed by atoms with Crippen LogP contribution < -0.4 is 0 Å². The highest BCUT2D eigenvalue weighted by molar-refractivity contribution is 5.65. The van der Waals surface area contributed by atoms with Crippen LogP contribution in [-0.4, -0.2) is 17.2 Å². The maximum atomic E-state index is 11.1. The van der Waals surface area contributed by atoms with E-state index in [4.69, 9.17) is 14.2 Å². The molecule has 1 aromatic rings. The van der Waals surface area contributed by atoms with E-state index in [0.29, 0.717) is 5.76 Å². The zero-order valence-corrected chi connectivity index (χ0v) is 11.3. The first-order valence-corrected chi connectivity index (χ1v) is 6.11. The molecule has 2 rings (SSSR count). The first-order valence-electron chi connectivity index (χ1n) is 6.11. The maximum Gasteiger partial charge on any atom is 0.518 e.